The van der Waals surface area contributed by atoms with Gasteiger partial charge in [-0.2, -0.15) is 0 Å². The van der Waals surface area contributed by atoms with Crippen LogP contribution in [0.3, 0.4) is 0 Å². The van der Waals surface area contributed by atoms with Gasteiger partial charge in [0.1, 0.15) is 0 Å². The molecule has 1 aliphatic heterocycles. The summed E-state index contributed by atoms with van der Waals surface area (Å²) < 4.78 is 0. The fraction of sp³-hybridized carbons (Fsp3) is 0.625. The van der Waals surface area contributed by atoms with Crippen LogP contribution in [0.2, 0.25) is 0 Å². The number of piperazine rings is 1. The van der Waals surface area contributed by atoms with Crippen molar-refractivity contribution in [1.82, 2.24) is 15.3 Å². The second kappa shape index (κ2) is 6.22. The monoisotopic (exact) mass is 275 g/mol. The number of hydrogen-bond donors (Lipinski definition) is 2. The van der Waals surface area contributed by atoms with E-state index >= 15 is 0 Å². The van der Waals surface area contributed by atoms with Crippen LogP contribution in [0.1, 0.15) is 29.2 Å². The molecule has 1 aromatic carbocycles. The van der Waals surface area contributed by atoms with Crippen molar-refractivity contribution in [3.05, 3.63) is 34.9 Å². The molecular formula is C16H25N3O. The van der Waals surface area contributed by atoms with Gasteiger partial charge in [0.25, 0.3) is 0 Å². The number of aliphatic hydroxyl groups excluding tert-OH is 1. The Hall–Kier alpha value is -0.940. The van der Waals surface area contributed by atoms with E-state index in [1.165, 1.54) is 30.4 Å². The predicted octanol–water partition coefficient (Wildman–Crippen LogP) is 0.961. The number of benzene rings is 1. The van der Waals surface area contributed by atoms with Crippen molar-refractivity contribution in [3.63, 3.8) is 0 Å². The van der Waals surface area contributed by atoms with Gasteiger partial charge < -0.3 is 10.0 Å². The fourth-order valence-electron chi connectivity index (χ4n) is 3.10. The lowest BCUT2D eigenvalue weighted by molar-refractivity contribution is 0.0743. The Morgan fingerprint density at radius 3 is 2.70 bits per heavy atom. The van der Waals surface area contributed by atoms with Crippen LogP contribution in [-0.2, 0) is 12.8 Å². The molecule has 2 aliphatic rings. The number of aliphatic hydroxyl groups is 1. The fourth-order valence-corrected chi connectivity index (χ4v) is 3.10. The zero-order chi connectivity index (χ0) is 13.9. The lowest BCUT2D eigenvalue weighted by Crippen LogP contribution is -2.51. The number of hydrazine groups is 1. The van der Waals surface area contributed by atoms with Gasteiger partial charge in [0.05, 0.1) is 6.10 Å². The molecule has 0 spiro atoms. The summed E-state index contributed by atoms with van der Waals surface area (Å²) in [5.41, 5.74) is 7.31. The topological polar surface area (TPSA) is 38.7 Å². The van der Waals surface area contributed by atoms with Gasteiger partial charge in [-0.05, 0) is 43.0 Å². The molecule has 1 fully saturated rings. The Bertz CT molecular complexity index is 455. The molecule has 0 radical (unpaired) electrons. The molecule has 1 aromatic rings. The summed E-state index contributed by atoms with van der Waals surface area (Å²) in [4.78, 5) is 2.33. The van der Waals surface area contributed by atoms with Crippen molar-refractivity contribution in [2.45, 2.75) is 25.4 Å². The maximum atomic E-state index is 10.3. The molecule has 4 heteroatoms. The van der Waals surface area contributed by atoms with Gasteiger partial charge in [-0.3, -0.25) is 5.43 Å². The summed E-state index contributed by atoms with van der Waals surface area (Å²) in [7, 11) is 2.15. The molecule has 1 aliphatic carbocycles. The Balaban J connectivity index is 1.52. The highest BCUT2D eigenvalue weighted by Crippen LogP contribution is 2.25. The molecule has 1 heterocycles. The quantitative estimate of drug-likeness (QED) is 0.858. The van der Waals surface area contributed by atoms with E-state index in [0.717, 1.165) is 31.7 Å². The first kappa shape index (κ1) is 14.0. The van der Waals surface area contributed by atoms with Crippen LogP contribution in [0.25, 0.3) is 0 Å². The van der Waals surface area contributed by atoms with Gasteiger partial charge in [0.15, 0.2) is 0 Å². The van der Waals surface area contributed by atoms with Gasteiger partial charge in [-0.15, -0.1) is 0 Å². The summed E-state index contributed by atoms with van der Waals surface area (Å²) in [5, 5.41) is 12.6. The van der Waals surface area contributed by atoms with Crippen LogP contribution in [-0.4, -0.2) is 54.8 Å². The summed E-state index contributed by atoms with van der Waals surface area (Å²) in [6.45, 7) is 4.81. The van der Waals surface area contributed by atoms with Gasteiger partial charge in [0, 0.05) is 32.7 Å². The van der Waals surface area contributed by atoms with E-state index in [-0.39, 0.29) is 0 Å². The molecule has 4 nitrogen and oxygen atoms in total. The molecule has 1 unspecified atom stereocenters. The van der Waals surface area contributed by atoms with E-state index in [0.29, 0.717) is 6.54 Å². The number of fused-ring (bicyclic) bond motifs is 1. The smallest absolute Gasteiger partial charge is 0.0928 e. The second-order valence-electron chi connectivity index (χ2n) is 6.05. The molecule has 0 saturated carbocycles. The summed E-state index contributed by atoms with van der Waals surface area (Å²) in [6, 6.07) is 6.47. The zero-order valence-corrected chi connectivity index (χ0v) is 12.3. The molecule has 0 bridgehead atoms. The van der Waals surface area contributed by atoms with E-state index < -0.39 is 6.10 Å². The Morgan fingerprint density at radius 1 is 1.15 bits per heavy atom. The van der Waals surface area contributed by atoms with Crippen molar-refractivity contribution >= 4 is 0 Å². The van der Waals surface area contributed by atoms with Crippen LogP contribution < -0.4 is 5.43 Å². The molecule has 20 heavy (non-hydrogen) atoms. The number of hydrogen-bond acceptors (Lipinski definition) is 4. The Morgan fingerprint density at radius 2 is 1.90 bits per heavy atom. The van der Waals surface area contributed by atoms with Gasteiger partial charge >= 0.3 is 0 Å². The van der Waals surface area contributed by atoms with E-state index in [9.17, 15) is 5.11 Å². The summed E-state index contributed by atoms with van der Waals surface area (Å²) >= 11 is 0. The zero-order valence-electron chi connectivity index (χ0n) is 12.3. The number of nitrogens with zero attached hydrogens (tertiary/aromatic N) is 2. The van der Waals surface area contributed by atoms with Crippen molar-refractivity contribution in [1.29, 1.82) is 0 Å². The molecule has 1 atom stereocenters. The molecular weight excluding hydrogens is 250 g/mol. The van der Waals surface area contributed by atoms with Gasteiger partial charge in [0.2, 0.25) is 0 Å². The van der Waals surface area contributed by atoms with Gasteiger partial charge in [-0.1, -0.05) is 18.2 Å². The molecule has 110 valence electrons. The first-order valence-corrected chi connectivity index (χ1v) is 7.69. The highest BCUT2D eigenvalue weighted by molar-refractivity contribution is 5.36. The number of nitrogens with one attached hydrogen (secondary N) is 1. The maximum absolute atomic E-state index is 10.3. The second-order valence-corrected chi connectivity index (χ2v) is 6.05. The SMILES string of the molecule is CN1CCN(NCC(O)c2ccc3c(c2)CCC3)CC1. The average Bonchev–Trinajstić information content (AvgIpc) is 2.93. The van der Waals surface area contributed by atoms with Crippen LogP contribution >= 0.6 is 0 Å². The third-order valence-corrected chi connectivity index (χ3v) is 4.52. The first-order valence-electron chi connectivity index (χ1n) is 7.69. The first-order chi connectivity index (χ1) is 9.72. The molecule has 0 amide bonds. The van der Waals surface area contributed by atoms with Gasteiger partial charge in [-0.25, -0.2) is 5.01 Å². The molecule has 0 aromatic heterocycles. The number of rotatable bonds is 4. The third-order valence-electron chi connectivity index (χ3n) is 4.52. The largest absolute Gasteiger partial charge is 0.387 e. The maximum Gasteiger partial charge on any atom is 0.0928 e. The van der Waals surface area contributed by atoms with Crippen molar-refractivity contribution < 1.29 is 5.11 Å². The van der Waals surface area contributed by atoms with Crippen LogP contribution in [0.15, 0.2) is 18.2 Å². The van der Waals surface area contributed by atoms with E-state index in [1.54, 1.807) is 0 Å². The van der Waals surface area contributed by atoms with Crippen LogP contribution in [0, 0.1) is 0 Å². The van der Waals surface area contributed by atoms with Crippen molar-refractivity contribution in [2.75, 3.05) is 39.8 Å². The minimum absolute atomic E-state index is 0.416. The minimum Gasteiger partial charge on any atom is -0.387 e. The molecule has 2 N–H and O–H groups in total. The third kappa shape index (κ3) is 3.20. The summed E-state index contributed by atoms with van der Waals surface area (Å²) in [6.07, 6.45) is 3.21. The van der Waals surface area contributed by atoms with Crippen LogP contribution in [0.4, 0.5) is 0 Å². The normalized spacial score (nSPS) is 21.9. The van der Waals surface area contributed by atoms with Crippen molar-refractivity contribution in [3.8, 4) is 0 Å². The number of aryl methyl sites for hydroxylation is 2. The number of likely N-dealkylation sites (N-methyl/N-ethyl adjacent to an activating group) is 1. The predicted molar refractivity (Wildman–Crippen MR) is 80.5 cm³/mol. The van der Waals surface area contributed by atoms with Crippen molar-refractivity contribution in [2.24, 2.45) is 0 Å². The Labute approximate surface area is 121 Å². The lowest BCUT2D eigenvalue weighted by Gasteiger charge is -2.33. The van der Waals surface area contributed by atoms with Crippen LogP contribution in [0.5, 0.6) is 0 Å². The standard InChI is InChI=1S/C16H25N3O/c1-18-7-9-19(10-8-18)17-12-16(20)15-6-5-13-3-2-4-14(13)11-15/h5-6,11,16-17,20H,2-4,7-10,12H2,1H3. The molecule has 3 rings (SSSR count). The molecule has 1 saturated heterocycles. The Kier molecular flexibility index (Phi) is 4.36. The lowest BCUT2D eigenvalue weighted by atomic mass is 10.0. The average molecular weight is 275 g/mol. The van der Waals surface area contributed by atoms with E-state index in [4.69, 9.17) is 0 Å². The summed E-state index contributed by atoms with van der Waals surface area (Å²) in [5.74, 6) is 0. The highest BCUT2D eigenvalue weighted by Gasteiger charge is 2.17. The highest BCUT2D eigenvalue weighted by atomic mass is 16.3. The van der Waals surface area contributed by atoms with E-state index in [1.807, 2.05) is 0 Å². The minimum atomic E-state index is -0.416. The van der Waals surface area contributed by atoms with E-state index in [2.05, 4.69) is 40.6 Å².